The Bertz CT molecular complexity index is 1140. The normalized spacial score (nSPS) is 29.4. The molecule has 4 rings (SSSR count). The summed E-state index contributed by atoms with van der Waals surface area (Å²) in [6.07, 6.45) is 1.31. The largest absolute Gasteiger partial charge is 0.378 e. The third-order valence-corrected chi connectivity index (χ3v) is 7.30. The number of nitrogens with one attached hydrogen (secondary N) is 1. The van der Waals surface area contributed by atoms with Gasteiger partial charge in [-0.25, -0.2) is 13.8 Å². The van der Waals surface area contributed by atoms with E-state index in [9.17, 15) is 18.8 Å². The molecule has 2 aromatic rings. The number of rotatable bonds is 3. The first-order valence-corrected chi connectivity index (χ1v) is 10.2. The lowest BCUT2D eigenvalue weighted by Crippen LogP contribution is -2.35. The van der Waals surface area contributed by atoms with Crippen LogP contribution in [0.1, 0.15) is 29.9 Å². The molecule has 2 aliphatic rings. The number of aromatic nitrogens is 1. The van der Waals surface area contributed by atoms with Gasteiger partial charge in [-0.15, -0.1) is 0 Å². The molecular weight excluding hydrogens is 432 g/mol. The minimum atomic E-state index is -1.26. The van der Waals surface area contributed by atoms with Crippen molar-refractivity contribution in [1.82, 2.24) is 4.98 Å². The fourth-order valence-electron chi connectivity index (χ4n) is 4.24. The van der Waals surface area contributed by atoms with Crippen molar-refractivity contribution in [1.29, 1.82) is 5.26 Å². The van der Waals surface area contributed by atoms with Gasteiger partial charge in [0.1, 0.15) is 10.4 Å². The third kappa shape index (κ3) is 3.02. The number of carbonyl (C=O) groups excluding carboxylic acids is 1. The minimum absolute atomic E-state index is 0.0368. The second-order valence-corrected chi connectivity index (χ2v) is 9.24. The second kappa shape index (κ2) is 6.93. The van der Waals surface area contributed by atoms with Crippen LogP contribution < -0.4 is 11.1 Å². The highest BCUT2D eigenvalue weighted by Gasteiger charge is 2.73. The number of nitrogens with zero attached hydrogens (tertiary/aromatic N) is 3. The van der Waals surface area contributed by atoms with Crippen LogP contribution in [-0.4, -0.2) is 20.8 Å². The van der Waals surface area contributed by atoms with Crippen molar-refractivity contribution in [3.05, 3.63) is 58.4 Å². The molecule has 1 fully saturated rings. The van der Waals surface area contributed by atoms with Crippen LogP contribution in [0.2, 0.25) is 5.02 Å². The maximum absolute atomic E-state index is 14.9. The van der Waals surface area contributed by atoms with Crippen molar-refractivity contribution >= 4 is 40.1 Å². The zero-order valence-corrected chi connectivity index (χ0v) is 17.5. The Labute approximate surface area is 180 Å². The predicted octanol–water partition coefficient (Wildman–Crippen LogP) is 4.07. The lowest BCUT2D eigenvalue weighted by molar-refractivity contribution is 0.102. The Kier molecular flexibility index (Phi) is 4.75. The number of carbonyl (C=O) groups is 1. The smallest absolute Gasteiger partial charge is 0.274 e. The number of halogens is 3. The van der Waals surface area contributed by atoms with Gasteiger partial charge in [-0.2, -0.15) is 5.26 Å². The van der Waals surface area contributed by atoms with Crippen LogP contribution in [0.4, 0.5) is 14.5 Å². The number of benzene rings is 1. The number of anilines is 1. The maximum Gasteiger partial charge on any atom is 0.274 e. The van der Waals surface area contributed by atoms with Crippen LogP contribution in [0.25, 0.3) is 0 Å². The molecule has 6 nitrogen and oxygen atoms in total. The number of hydrogen-bond donors (Lipinski definition) is 2. The summed E-state index contributed by atoms with van der Waals surface area (Å²) in [5.41, 5.74) is 4.71. The van der Waals surface area contributed by atoms with Crippen molar-refractivity contribution in [3.63, 3.8) is 0 Å². The monoisotopic (exact) mass is 447 g/mol. The van der Waals surface area contributed by atoms with Gasteiger partial charge in [-0.3, -0.25) is 9.79 Å². The topological polar surface area (TPSA) is 104 Å². The van der Waals surface area contributed by atoms with Gasteiger partial charge in [0, 0.05) is 29.4 Å². The van der Waals surface area contributed by atoms with Gasteiger partial charge in [0.05, 0.1) is 16.6 Å². The maximum atomic E-state index is 14.9. The Morgan fingerprint density at radius 2 is 2.13 bits per heavy atom. The van der Waals surface area contributed by atoms with Gasteiger partial charge in [0.25, 0.3) is 5.91 Å². The van der Waals surface area contributed by atoms with E-state index in [4.69, 9.17) is 17.3 Å². The highest BCUT2D eigenvalue weighted by atomic mass is 35.5. The van der Waals surface area contributed by atoms with Gasteiger partial charge in [0.15, 0.2) is 16.8 Å². The molecular formula is C20H16ClF2N5OS. The minimum Gasteiger partial charge on any atom is -0.378 e. The van der Waals surface area contributed by atoms with Gasteiger partial charge in [0.2, 0.25) is 0 Å². The van der Waals surface area contributed by atoms with Gasteiger partial charge in [-0.05, 0) is 31.0 Å². The molecule has 1 aromatic heterocycles. The van der Waals surface area contributed by atoms with E-state index >= 15 is 0 Å². The molecule has 1 amide bonds. The summed E-state index contributed by atoms with van der Waals surface area (Å²) in [7, 11) is 0. The molecule has 4 atom stereocenters. The van der Waals surface area contributed by atoms with E-state index in [1.807, 2.05) is 6.92 Å². The van der Waals surface area contributed by atoms with E-state index in [1.54, 1.807) is 6.92 Å². The second-order valence-electron chi connectivity index (χ2n) is 7.51. The van der Waals surface area contributed by atoms with E-state index in [-0.39, 0.29) is 33.9 Å². The van der Waals surface area contributed by atoms with Crippen LogP contribution in [0.5, 0.6) is 0 Å². The van der Waals surface area contributed by atoms with Crippen molar-refractivity contribution in [2.75, 3.05) is 5.32 Å². The molecule has 2 unspecified atom stereocenters. The lowest BCUT2D eigenvalue weighted by Gasteiger charge is -2.32. The van der Waals surface area contributed by atoms with Crippen molar-refractivity contribution in [3.8, 4) is 6.07 Å². The van der Waals surface area contributed by atoms with Crippen LogP contribution in [-0.2, 0) is 5.54 Å². The molecule has 10 heteroatoms. The summed E-state index contributed by atoms with van der Waals surface area (Å²) in [6, 6.07) is 7.38. The number of aliphatic imine (C=N–C) groups is 1. The summed E-state index contributed by atoms with van der Waals surface area (Å²) < 4.78 is 28.5. The van der Waals surface area contributed by atoms with Gasteiger partial charge in [-0.1, -0.05) is 30.3 Å². The molecule has 30 heavy (non-hydrogen) atoms. The van der Waals surface area contributed by atoms with Crippen LogP contribution in [0.15, 0.2) is 35.5 Å². The van der Waals surface area contributed by atoms with E-state index in [0.717, 1.165) is 17.8 Å². The first kappa shape index (κ1) is 20.6. The molecule has 1 aliphatic heterocycles. The molecule has 1 saturated carbocycles. The molecule has 154 valence electrons. The number of thioether (sulfide) groups is 1. The van der Waals surface area contributed by atoms with E-state index < -0.39 is 27.8 Å². The lowest BCUT2D eigenvalue weighted by atomic mass is 9.84. The van der Waals surface area contributed by atoms with Crippen LogP contribution >= 0.6 is 23.4 Å². The van der Waals surface area contributed by atoms with Crippen LogP contribution in [0, 0.1) is 34.8 Å². The molecule has 3 N–H and O–H groups in total. The fraction of sp³-hybridized carbons (Fsp3) is 0.300. The number of hydrogen-bond acceptors (Lipinski definition) is 6. The number of amidine groups is 1. The van der Waals surface area contributed by atoms with Gasteiger partial charge < -0.3 is 11.1 Å². The SMILES string of the molecule is CC1C2[C@@]1(C#N)SC(N)=N[C@]2(C)c1cc(NC(=O)c2ccc(Cl)cn2)cc(F)c1F. The highest BCUT2D eigenvalue weighted by Crippen LogP contribution is 2.69. The average Bonchev–Trinajstić information content (AvgIpc) is 3.30. The fourth-order valence-corrected chi connectivity index (χ4v) is 5.80. The molecule has 2 heterocycles. The number of nitriles is 1. The van der Waals surface area contributed by atoms with E-state index in [2.05, 4.69) is 21.4 Å². The highest BCUT2D eigenvalue weighted by molar-refractivity contribution is 8.15. The first-order chi connectivity index (χ1) is 14.1. The summed E-state index contributed by atoms with van der Waals surface area (Å²) in [4.78, 5) is 20.7. The Morgan fingerprint density at radius 3 is 2.77 bits per heavy atom. The molecule has 0 bridgehead atoms. The number of fused-ring (bicyclic) bond motifs is 1. The summed E-state index contributed by atoms with van der Waals surface area (Å²) in [6.45, 7) is 3.49. The number of amides is 1. The molecule has 0 radical (unpaired) electrons. The number of pyridine rings is 1. The van der Waals surface area contributed by atoms with Crippen molar-refractivity contribution in [2.45, 2.75) is 24.1 Å². The van der Waals surface area contributed by atoms with Crippen molar-refractivity contribution < 1.29 is 13.6 Å². The first-order valence-electron chi connectivity index (χ1n) is 9.00. The number of nitrogens with two attached hydrogens (primary N) is 1. The molecule has 0 saturated heterocycles. The third-order valence-electron chi connectivity index (χ3n) is 5.72. The molecule has 1 aromatic carbocycles. The summed E-state index contributed by atoms with van der Waals surface area (Å²) in [5.74, 6) is -3.32. The molecule has 0 spiro atoms. The Balaban J connectivity index is 1.74. The zero-order valence-electron chi connectivity index (χ0n) is 15.9. The molecule has 1 aliphatic carbocycles. The van der Waals surface area contributed by atoms with Crippen molar-refractivity contribution in [2.24, 2.45) is 22.6 Å². The quantitative estimate of drug-likeness (QED) is 0.738. The Morgan fingerprint density at radius 1 is 1.40 bits per heavy atom. The van der Waals surface area contributed by atoms with E-state index in [1.165, 1.54) is 24.4 Å². The standard InChI is InChI=1S/C20H16ClF2N5OS/c1-9-16-19(2,28-18(25)30-20(9,16)8-24)12-5-11(6-13(22)15(12)23)27-17(29)14-4-3-10(21)7-26-14/h3-7,9,16H,1-2H3,(H2,25,28)(H,27,29)/t9?,16?,19-,20+/m1/s1. The Hall–Kier alpha value is -2.70. The predicted molar refractivity (Wildman–Crippen MR) is 111 cm³/mol. The summed E-state index contributed by atoms with van der Waals surface area (Å²) in [5, 5.41) is 12.7. The van der Waals surface area contributed by atoms with E-state index in [0.29, 0.717) is 5.02 Å². The zero-order chi connectivity index (χ0) is 21.8. The average molecular weight is 448 g/mol. The van der Waals surface area contributed by atoms with Gasteiger partial charge >= 0.3 is 0 Å². The van der Waals surface area contributed by atoms with Crippen LogP contribution in [0.3, 0.4) is 0 Å². The summed E-state index contributed by atoms with van der Waals surface area (Å²) >= 11 is 6.92.